The van der Waals surface area contributed by atoms with Crippen LogP contribution in [0.1, 0.15) is 5.56 Å². The Hall–Kier alpha value is -1.24. The molecule has 1 unspecified atom stereocenters. The molecule has 0 fully saturated rings. The molecular formula is C12H14ClNO4S. The second-order valence-corrected chi connectivity index (χ2v) is 6.63. The summed E-state index contributed by atoms with van der Waals surface area (Å²) in [6.45, 7) is 0.299. The predicted molar refractivity (Wildman–Crippen MR) is 73.2 cm³/mol. The smallest absolute Gasteiger partial charge is 0.173 e. The minimum Gasteiger partial charge on any atom is -0.504 e. The summed E-state index contributed by atoms with van der Waals surface area (Å²) >= 11 is 5.91. The van der Waals surface area contributed by atoms with E-state index in [1.165, 1.54) is 18.6 Å². The van der Waals surface area contributed by atoms with Crippen molar-refractivity contribution in [1.82, 2.24) is 5.32 Å². The van der Waals surface area contributed by atoms with E-state index in [9.17, 15) is 13.5 Å². The van der Waals surface area contributed by atoms with Crippen LogP contribution in [0.5, 0.6) is 11.5 Å². The fraction of sp³-hybridized carbons (Fsp3) is 0.333. The maximum Gasteiger partial charge on any atom is 0.173 e. The van der Waals surface area contributed by atoms with Crippen LogP contribution in [-0.2, 0) is 16.4 Å². The van der Waals surface area contributed by atoms with Crippen molar-refractivity contribution in [1.29, 1.82) is 0 Å². The highest BCUT2D eigenvalue weighted by Crippen LogP contribution is 2.33. The van der Waals surface area contributed by atoms with Gasteiger partial charge in [-0.25, -0.2) is 8.42 Å². The molecule has 1 aliphatic rings. The summed E-state index contributed by atoms with van der Waals surface area (Å²) in [5, 5.41) is 14.6. The molecule has 1 atom stereocenters. The van der Waals surface area contributed by atoms with Gasteiger partial charge in [0.05, 0.1) is 12.9 Å². The van der Waals surface area contributed by atoms with Crippen molar-refractivity contribution >= 4 is 21.4 Å². The summed E-state index contributed by atoms with van der Waals surface area (Å²) in [7, 11) is -1.65. The Bertz CT molecular complexity index is 612. The van der Waals surface area contributed by atoms with E-state index >= 15 is 0 Å². The Morgan fingerprint density at radius 3 is 2.84 bits per heavy atom. The van der Waals surface area contributed by atoms with Crippen LogP contribution in [-0.4, -0.2) is 32.4 Å². The molecule has 2 N–H and O–H groups in total. The summed E-state index contributed by atoms with van der Waals surface area (Å²) in [5.41, 5.74) is 0.557. The highest BCUT2D eigenvalue weighted by Gasteiger charge is 2.21. The van der Waals surface area contributed by atoms with E-state index < -0.39 is 9.84 Å². The topological polar surface area (TPSA) is 75.6 Å². The van der Waals surface area contributed by atoms with Gasteiger partial charge in [0.15, 0.2) is 21.3 Å². The van der Waals surface area contributed by atoms with Gasteiger partial charge in [0.25, 0.3) is 0 Å². The number of sulfone groups is 1. The number of rotatable bonds is 4. The maximum absolute atomic E-state index is 11.3. The van der Waals surface area contributed by atoms with Crippen LogP contribution in [0, 0.1) is 0 Å². The second-order valence-electron chi connectivity index (χ2n) is 4.26. The van der Waals surface area contributed by atoms with Crippen molar-refractivity contribution in [2.75, 3.05) is 12.9 Å². The van der Waals surface area contributed by atoms with Crippen molar-refractivity contribution in [2.45, 2.75) is 12.6 Å². The Labute approximate surface area is 116 Å². The summed E-state index contributed by atoms with van der Waals surface area (Å²) in [6, 6.07) is 2.87. The summed E-state index contributed by atoms with van der Waals surface area (Å²) < 4.78 is 27.5. The number of ether oxygens (including phenoxy) is 1. The van der Waals surface area contributed by atoms with E-state index in [0.717, 1.165) is 0 Å². The molecule has 5 nitrogen and oxygen atoms in total. The number of phenols is 1. The number of aromatic hydroxyl groups is 1. The van der Waals surface area contributed by atoms with E-state index in [1.807, 2.05) is 0 Å². The fourth-order valence-corrected chi connectivity index (χ4v) is 3.36. The molecule has 0 spiro atoms. The number of benzene rings is 1. The standard InChI is InChI=1S/C12H14ClNO4S/c1-18-11-5-9(13)4-8(12(11)15)6-14-10-2-3-19(16,17)7-10/h2-5,10,14-15H,6-7H2,1H3. The van der Waals surface area contributed by atoms with Crippen molar-refractivity contribution < 1.29 is 18.3 Å². The lowest BCUT2D eigenvalue weighted by Gasteiger charge is -2.13. The zero-order chi connectivity index (χ0) is 14.0. The highest BCUT2D eigenvalue weighted by atomic mass is 35.5. The van der Waals surface area contributed by atoms with Gasteiger partial charge in [0, 0.05) is 34.6 Å². The first-order valence-electron chi connectivity index (χ1n) is 5.61. The minimum atomic E-state index is -3.09. The third-order valence-corrected chi connectivity index (χ3v) is 4.44. The molecule has 7 heteroatoms. The number of phenolic OH excluding ortho intramolecular Hbond substituents is 1. The van der Waals surface area contributed by atoms with E-state index in [-0.39, 0.29) is 17.5 Å². The molecule has 0 aliphatic carbocycles. The minimum absolute atomic E-state index is 0.00392. The normalized spacial score (nSPS) is 20.6. The quantitative estimate of drug-likeness (QED) is 0.880. The molecule has 0 saturated carbocycles. The number of hydrogen-bond acceptors (Lipinski definition) is 5. The first-order valence-corrected chi connectivity index (χ1v) is 7.70. The summed E-state index contributed by atoms with van der Waals surface area (Å²) in [6.07, 6.45) is 1.59. The largest absolute Gasteiger partial charge is 0.504 e. The molecule has 1 aromatic rings. The predicted octanol–water partition coefficient (Wildman–Crippen LogP) is 1.45. The molecule has 2 rings (SSSR count). The Morgan fingerprint density at radius 1 is 1.53 bits per heavy atom. The lowest BCUT2D eigenvalue weighted by atomic mass is 10.1. The van der Waals surface area contributed by atoms with E-state index in [2.05, 4.69) is 5.32 Å². The molecule has 104 valence electrons. The Balaban J connectivity index is 2.08. The zero-order valence-electron chi connectivity index (χ0n) is 10.3. The number of hydrogen-bond donors (Lipinski definition) is 2. The number of nitrogens with one attached hydrogen (secondary N) is 1. The molecule has 1 aliphatic heterocycles. The van der Waals surface area contributed by atoms with Crippen molar-refractivity contribution in [3.8, 4) is 11.5 Å². The molecule has 0 bridgehead atoms. The molecular weight excluding hydrogens is 290 g/mol. The van der Waals surface area contributed by atoms with E-state index in [1.54, 1.807) is 12.1 Å². The average Bonchev–Trinajstić information content (AvgIpc) is 2.69. The van der Waals surface area contributed by atoms with Gasteiger partial charge in [0.2, 0.25) is 0 Å². The highest BCUT2D eigenvalue weighted by molar-refractivity contribution is 7.94. The van der Waals surface area contributed by atoms with Gasteiger partial charge in [-0.1, -0.05) is 17.7 Å². The third-order valence-electron chi connectivity index (χ3n) is 2.82. The molecule has 0 amide bonds. The third kappa shape index (κ3) is 3.40. The van der Waals surface area contributed by atoms with Gasteiger partial charge >= 0.3 is 0 Å². The van der Waals surface area contributed by atoms with Crippen LogP contribution in [0.25, 0.3) is 0 Å². The van der Waals surface area contributed by atoms with Gasteiger partial charge in [-0.2, -0.15) is 0 Å². The Morgan fingerprint density at radius 2 is 2.26 bits per heavy atom. The van der Waals surface area contributed by atoms with E-state index in [0.29, 0.717) is 22.9 Å². The van der Waals surface area contributed by atoms with Gasteiger partial charge < -0.3 is 15.2 Å². The number of methoxy groups -OCH3 is 1. The van der Waals surface area contributed by atoms with Crippen LogP contribution < -0.4 is 10.1 Å². The van der Waals surface area contributed by atoms with Crippen LogP contribution in [0.3, 0.4) is 0 Å². The van der Waals surface area contributed by atoms with Gasteiger partial charge in [-0.05, 0) is 6.07 Å². The van der Waals surface area contributed by atoms with Crippen molar-refractivity contribution in [3.05, 3.63) is 34.2 Å². The monoisotopic (exact) mass is 303 g/mol. The lowest BCUT2D eigenvalue weighted by Crippen LogP contribution is -2.29. The van der Waals surface area contributed by atoms with Crippen molar-refractivity contribution in [3.63, 3.8) is 0 Å². The van der Waals surface area contributed by atoms with Gasteiger partial charge in [-0.15, -0.1) is 0 Å². The SMILES string of the molecule is COc1cc(Cl)cc(CNC2C=CS(=O)(=O)C2)c1O. The Kier molecular flexibility index (Phi) is 4.03. The molecule has 19 heavy (non-hydrogen) atoms. The van der Waals surface area contributed by atoms with E-state index in [4.69, 9.17) is 16.3 Å². The average molecular weight is 304 g/mol. The van der Waals surface area contributed by atoms with Gasteiger partial charge in [-0.3, -0.25) is 0 Å². The number of halogens is 1. The summed E-state index contributed by atoms with van der Waals surface area (Å²) in [4.78, 5) is 0. The molecule has 0 aromatic heterocycles. The maximum atomic E-state index is 11.3. The molecule has 1 heterocycles. The molecule has 0 saturated heterocycles. The summed E-state index contributed by atoms with van der Waals surface area (Å²) in [5.74, 6) is 0.328. The van der Waals surface area contributed by atoms with Crippen LogP contribution in [0.4, 0.5) is 0 Å². The first kappa shape index (κ1) is 14.2. The van der Waals surface area contributed by atoms with Gasteiger partial charge in [0.1, 0.15) is 0 Å². The zero-order valence-corrected chi connectivity index (χ0v) is 11.8. The van der Waals surface area contributed by atoms with Crippen LogP contribution in [0.2, 0.25) is 5.02 Å². The molecule has 0 radical (unpaired) electrons. The van der Waals surface area contributed by atoms with Crippen molar-refractivity contribution in [2.24, 2.45) is 0 Å². The fourth-order valence-electron chi connectivity index (χ4n) is 1.86. The first-order chi connectivity index (χ1) is 8.91. The molecule has 1 aromatic carbocycles. The lowest BCUT2D eigenvalue weighted by molar-refractivity contribution is 0.369. The second kappa shape index (κ2) is 5.40. The van der Waals surface area contributed by atoms with Crippen LogP contribution >= 0.6 is 11.6 Å². The van der Waals surface area contributed by atoms with Crippen LogP contribution in [0.15, 0.2) is 23.6 Å².